The number of anilines is 1. The summed E-state index contributed by atoms with van der Waals surface area (Å²) < 4.78 is 0. The highest BCUT2D eigenvalue weighted by Gasteiger charge is 2.13. The van der Waals surface area contributed by atoms with Gasteiger partial charge in [0.05, 0.1) is 0 Å². The molecule has 1 rings (SSSR count). The summed E-state index contributed by atoms with van der Waals surface area (Å²) in [5.41, 5.74) is 2.82. The zero-order valence-corrected chi connectivity index (χ0v) is 11.2. The van der Waals surface area contributed by atoms with Gasteiger partial charge in [0.2, 0.25) is 0 Å². The fraction of sp³-hybridized carbons (Fsp3) is 0.533. The lowest BCUT2D eigenvalue weighted by Crippen LogP contribution is -2.16. The van der Waals surface area contributed by atoms with Crippen molar-refractivity contribution in [3.63, 3.8) is 0 Å². The quantitative estimate of drug-likeness (QED) is 0.790. The lowest BCUT2D eigenvalue weighted by atomic mass is 9.87. The summed E-state index contributed by atoms with van der Waals surface area (Å²) in [4.78, 5) is 0. The second-order valence-electron chi connectivity index (χ2n) is 5.52. The van der Waals surface area contributed by atoms with E-state index in [0.29, 0.717) is 6.04 Å². The highest BCUT2D eigenvalue weighted by Crippen LogP contribution is 2.24. The summed E-state index contributed by atoms with van der Waals surface area (Å²) in [6.45, 7) is 11.0. The first-order chi connectivity index (χ1) is 7.43. The fourth-order valence-electron chi connectivity index (χ4n) is 1.77. The minimum absolute atomic E-state index is 0.220. The molecule has 1 aromatic carbocycles. The predicted octanol–water partition coefficient (Wildman–Crippen LogP) is 4.40. The maximum absolute atomic E-state index is 3.52. The van der Waals surface area contributed by atoms with Crippen molar-refractivity contribution in [3.8, 4) is 0 Å². The third-order valence-corrected chi connectivity index (χ3v) is 2.73. The molecule has 0 amide bonds. The fourth-order valence-corrected chi connectivity index (χ4v) is 1.77. The van der Waals surface area contributed by atoms with Crippen molar-refractivity contribution < 1.29 is 0 Å². The lowest BCUT2D eigenvalue weighted by Gasteiger charge is -2.21. The molecule has 1 heteroatoms. The van der Waals surface area contributed by atoms with E-state index in [-0.39, 0.29) is 5.41 Å². The van der Waals surface area contributed by atoms with Gasteiger partial charge in [0.25, 0.3) is 0 Å². The zero-order valence-electron chi connectivity index (χ0n) is 11.2. The molecule has 0 saturated heterocycles. The Bertz CT molecular complexity index is 322. The molecule has 1 radical (unpaired) electrons. The van der Waals surface area contributed by atoms with Crippen molar-refractivity contribution in [3.05, 3.63) is 36.2 Å². The summed E-state index contributed by atoms with van der Waals surface area (Å²) >= 11 is 0. The second-order valence-corrected chi connectivity index (χ2v) is 5.52. The summed E-state index contributed by atoms with van der Waals surface area (Å²) in [5.74, 6) is 0. The summed E-state index contributed by atoms with van der Waals surface area (Å²) in [6, 6.07) is 9.22. The second kappa shape index (κ2) is 5.38. The number of hydrogen-bond donors (Lipinski definition) is 1. The Labute approximate surface area is 100 Å². The van der Waals surface area contributed by atoms with Gasteiger partial charge in [-0.05, 0) is 42.9 Å². The van der Waals surface area contributed by atoms with E-state index in [0.717, 1.165) is 6.42 Å². The van der Waals surface area contributed by atoms with Crippen LogP contribution in [0.25, 0.3) is 0 Å². The number of hydrogen-bond acceptors (Lipinski definition) is 1. The molecule has 0 aliphatic carbocycles. The normalized spacial score (nSPS) is 13.6. The molecule has 0 spiro atoms. The Balaban J connectivity index is 2.75. The minimum atomic E-state index is 0.220. The number of benzene rings is 1. The van der Waals surface area contributed by atoms with Gasteiger partial charge in [-0.3, -0.25) is 0 Å². The van der Waals surface area contributed by atoms with Gasteiger partial charge in [-0.25, -0.2) is 0 Å². The summed E-state index contributed by atoms with van der Waals surface area (Å²) in [5, 5.41) is 3.52. The SMILES string of the molecule is C[CH]CC(C)Nc1cccc(C(C)(C)C)c1. The molecule has 1 nitrogen and oxygen atoms in total. The Kier molecular flexibility index (Phi) is 4.40. The van der Waals surface area contributed by atoms with Crippen molar-refractivity contribution in [2.45, 2.75) is 52.5 Å². The first kappa shape index (κ1) is 13.1. The predicted molar refractivity (Wildman–Crippen MR) is 72.8 cm³/mol. The Morgan fingerprint density at radius 3 is 2.56 bits per heavy atom. The molecule has 0 aliphatic rings. The average molecular weight is 218 g/mol. The van der Waals surface area contributed by atoms with Crippen molar-refractivity contribution in [1.29, 1.82) is 0 Å². The van der Waals surface area contributed by atoms with Crippen molar-refractivity contribution in [1.82, 2.24) is 0 Å². The lowest BCUT2D eigenvalue weighted by molar-refractivity contribution is 0.590. The van der Waals surface area contributed by atoms with Crippen molar-refractivity contribution in [2.75, 3.05) is 5.32 Å². The van der Waals surface area contributed by atoms with E-state index >= 15 is 0 Å². The van der Waals surface area contributed by atoms with E-state index in [1.807, 2.05) is 0 Å². The molecule has 1 N–H and O–H groups in total. The first-order valence-electron chi connectivity index (χ1n) is 6.08. The van der Waals surface area contributed by atoms with Crippen LogP contribution in [0.5, 0.6) is 0 Å². The van der Waals surface area contributed by atoms with E-state index in [2.05, 4.69) is 70.6 Å². The molecule has 0 aliphatic heterocycles. The van der Waals surface area contributed by atoms with Crippen LogP contribution in [0.2, 0.25) is 0 Å². The standard InChI is InChI=1S/C15H24N/c1-6-8-12(2)16-14-10-7-9-13(11-14)15(3,4)5/h6-7,9-12,16H,8H2,1-5H3. The van der Waals surface area contributed by atoms with Crippen LogP contribution >= 0.6 is 0 Å². The van der Waals surface area contributed by atoms with Crippen molar-refractivity contribution >= 4 is 5.69 Å². The third-order valence-electron chi connectivity index (χ3n) is 2.73. The molecule has 1 atom stereocenters. The van der Waals surface area contributed by atoms with Crippen LogP contribution in [-0.2, 0) is 5.41 Å². The van der Waals surface area contributed by atoms with Crippen LogP contribution in [0, 0.1) is 6.42 Å². The van der Waals surface area contributed by atoms with Crippen LogP contribution in [0.4, 0.5) is 5.69 Å². The van der Waals surface area contributed by atoms with E-state index in [4.69, 9.17) is 0 Å². The molecular formula is C15H24N. The molecule has 16 heavy (non-hydrogen) atoms. The maximum atomic E-state index is 3.52. The molecule has 0 aromatic heterocycles. The molecule has 1 unspecified atom stereocenters. The van der Waals surface area contributed by atoms with Gasteiger partial charge < -0.3 is 5.32 Å². The van der Waals surface area contributed by atoms with E-state index in [1.165, 1.54) is 11.3 Å². The van der Waals surface area contributed by atoms with Gasteiger partial charge >= 0.3 is 0 Å². The molecule has 1 aromatic rings. The van der Waals surface area contributed by atoms with E-state index in [1.54, 1.807) is 0 Å². The van der Waals surface area contributed by atoms with Crippen LogP contribution in [0.1, 0.15) is 46.6 Å². The molecule has 0 heterocycles. The first-order valence-corrected chi connectivity index (χ1v) is 6.08. The zero-order chi connectivity index (χ0) is 12.2. The van der Waals surface area contributed by atoms with E-state index < -0.39 is 0 Å². The Morgan fingerprint density at radius 1 is 1.31 bits per heavy atom. The van der Waals surface area contributed by atoms with Gasteiger partial charge in [0, 0.05) is 11.7 Å². The van der Waals surface area contributed by atoms with Crippen LogP contribution < -0.4 is 5.32 Å². The van der Waals surface area contributed by atoms with Crippen LogP contribution in [0.3, 0.4) is 0 Å². The summed E-state index contributed by atoms with van der Waals surface area (Å²) in [7, 11) is 0. The monoisotopic (exact) mass is 218 g/mol. The van der Waals surface area contributed by atoms with Gasteiger partial charge in [-0.2, -0.15) is 0 Å². The van der Waals surface area contributed by atoms with Crippen LogP contribution in [-0.4, -0.2) is 6.04 Å². The highest BCUT2D eigenvalue weighted by molar-refractivity contribution is 5.48. The molecule has 0 saturated carbocycles. The molecular weight excluding hydrogens is 194 g/mol. The summed E-state index contributed by atoms with van der Waals surface area (Å²) in [6.07, 6.45) is 3.30. The van der Waals surface area contributed by atoms with Gasteiger partial charge in [-0.15, -0.1) is 0 Å². The molecule has 0 fully saturated rings. The molecule has 0 bridgehead atoms. The average Bonchev–Trinajstić information content (AvgIpc) is 2.17. The largest absolute Gasteiger partial charge is 0.383 e. The topological polar surface area (TPSA) is 12.0 Å². The maximum Gasteiger partial charge on any atom is 0.0345 e. The smallest absolute Gasteiger partial charge is 0.0345 e. The molecule has 89 valence electrons. The number of nitrogens with one attached hydrogen (secondary N) is 1. The van der Waals surface area contributed by atoms with E-state index in [9.17, 15) is 0 Å². The van der Waals surface area contributed by atoms with Gasteiger partial charge in [0.15, 0.2) is 0 Å². The van der Waals surface area contributed by atoms with Crippen LogP contribution in [0.15, 0.2) is 24.3 Å². The van der Waals surface area contributed by atoms with Gasteiger partial charge in [0.1, 0.15) is 0 Å². The highest BCUT2D eigenvalue weighted by atomic mass is 14.9. The Hall–Kier alpha value is -0.980. The third kappa shape index (κ3) is 3.88. The van der Waals surface area contributed by atoms with Crippen molar-refractivity contribution in [2.24, 2.45) is 0 Å². The number of rotatable bonds is 4. The van der Waals surface area contributed by atoms with Gasteiger partial charge in [-0.1, -0.05) is 39.8 Å². The Morgan fingerprint density at radius 2 is 2.00 bits per heavy atom. The minimum Gasteiger partial charge on any atom is -0.383 e.